The molecule has 6 nitrogen and oxygen atoms in total. The predicted molar refractivity (Wildman–Crippen MR) is 103 cm³/mol. The summed E-state index contributed by atoms with van der Waals surface area (Å²) in [4.78, 5) is 26.8. The molecule has 2 aromatic carbocycles. The maximum Gasteiger partial charge on any atom is 0.240 e. The number of carbonyl (C=O) groups is 2. The Morgan fingerprint density at radius 1 is 1.04 bits per heavy atom. The first kappa shape index (κ1) is 17.7. The summed E-state index contributed by atoms with van der Waals surface area (Å²) in [5.74, 6) is -0.621. The van der Waals surface area contributed by atoms with Crippen molar-refractivity contribution in [2.24, 2.45) is 5.10 Å². The van der Waals surface area contributed by atoms with E-state index in [4.69, 9.17) is 11.6 Å². The van der Waals surface area contributed by atoms with Gasteiger partial charge in [0.25, 0.3) is 0 Å². The van der Waals surface area contributed by atoms with Crippen molar-refractivity contribution in [3.05, 3.63) is 65.3 Å². The second-order valence-corrected chi connectivity index (χ2v) is 6.02. The van der Waals surface area contributed by atoms with E-state index in [1.165, 1.54) is 0 Å². The molecule has 0 atom stereocenters. The van der Waals surface area contributed by atoms with Gasteiger partial charge >= 0.3 is 0 Å². The van der Waals surface area contributed by atoms with Crippen molar-refractivity contribution in [3.63, 3.8) is 0 Å². The number of aromatic amines is 1. The fraction of sp³-hybridized carbons (Fsp3) is 0.105. The Hall–Kier alpha value is -3.12. The maximum atomic E-state index is 11.9. The van der Waals surface area contributed by atoms with Crippen LogP contribution in [0.15, 0.2) is 59.8 Å². The molecule has 0 aliphatic carbocycles. The monoisotopic (exact) mass is 368 g/mol. The molecule has 3 N–H and O–H groups in total. The van der Waals surface area contributed by atoms with E-state index >= 15 is 0 Å². The third-order valence-corrected chi connectivity index (χ3v) is 4.07. The number of para-hydroxylation sites is 2. The van der Waals surface area contributed by atoms with E-state index in [9.17, 15) is 9.59 Å². The Bertz CT molecular complexity index is 965. The average molecular weight is 369 g/mol. The molecule has 0 bridgehead atoms. The van der Waals surface area contributed by atoms with E-state index in [-0.39, 0.29) is 24.7 Å². The molecule has 7 heteroatoms. The summed E-state index contributed by atoms with van der Waals surface area (Å²) in [5.41, 5.74) is 4.82. The molecular weight excluding hydrogens is 352 g/mol. The first-order valence-corrected chi connectivity index (χ1v) is 8.43. The molecule has 26 heavy (non-hydrogen) atoms. The van der Waals surface area contributed by atoms with Crippen LogP contribution in [-0.2, 0) is 9.59 Å². The Morgan fingerprint density at radius 3 is 2.62 bits per heavy atom. The second kappa shape index (κ2) is 8.31. The van der Waals surface area contributed by atoms with Gasteiger partial charge in [-0.1, -0.05) is 41.9 Å². The highest BCUT2D eigenvalue weighted by atomic mass is 35.5. The molecule has 3 rings (SSSR count). The molecule has 0 aliphatic heterocycles. The third kappa shape index (κ3) is 4.49. The molecule has 0 aliphatic rings. The van der Waals surface area contributed by atoms with Crippen molar-refractivity contribution in [2.45, 2.75) is 12.8 Å². The highest BCUT2D eigenvalue weighted by Crippen LogP contribution is 2.20. The van der Waals surface area contributed by atoms with Crippen LogP contribution in [-0.4, -0.2) is 23.0 Å². The van der Waals surface area contributed by atoms with Crippen LogP contribution in [0.3, 0.4) is 0 Å². The van der Waals surface area contributed by atoms with Crippen molar-refractivity contribution < 1.29 is 9.59 Å². The van der Waals surface area contributed by atoms with Crippen LogP contribution in [0.2, 0.25) is 5.02 Å². The number of hydrogen-bond acceptors (Lipinski definition) is 3. The van der Waals surface area contributed by atoms with Crippen molar-refractivity contribution in [1.82, 2.24) is 10.4 Å². The molecule has 0 saturated heterocycles. The van der Waals surface area contributed by atoms with Crippen LogP contribution in [0, 0.1) is 0 Å². The number of nitrogens with zero attached hydrogens (tertiary/aromatic N) is 1. The highest BCUT2D eigenvalue weighted by molar-refractivity contribution is 6.33. The number of nitrogens with one attached hydrogen (secondary N) is 3. The molecule has 1 aromatic heterocycles. The highest BCUT2D eigenvalue weighted by Gasteiger charge is 2.08. The zero-order valence-corrected chi connectivity index (χ0v) is 14.6. The topological polar surface area (TPSA) is 86.3 Å². The number of hydrogen-bond donors (Lipinski definition) is 3. The van der Waals surface area contributed by atoms with Crippen molar-refractivity contribution in [2.75, 3.05) is 5.32 Å². The lowest BCUT2D eigenvalue weighted by molar-refractivity contribution is -0.124. The van der Waals surface area contributed by atoms with Gasteiger partial charge in [0.05, 0.1) is 16.9 Å². The molecule has 0 spiro atoms. The van der Waals surface area contributed by atoms with Crippen molar-refractivity contribution >= 4 is 46.2 Å². The molecular formula is C19H17ClN4O2. The van der Waals surface area contributed by atoms with Gasteiger partial charge in [0, 0.05) is 35.5 Å². The first-order chi connectivity index (χ1) is 12.6. The van der Waals surface area contributed by atoms with Gasteiger partial charge in [-0.2, -0.15) is 5.10 Å². The largest absolute Gasteiger partial charge is 0.361 e. The van der Waals surface area contributed by atoms with Gasteiger partial charge in [-0.25, -0.2) is 5.43 Å². The first-order valence-electron chi connectivity index (χ1n) is 8.06. The number of amides is 2. The molecule has 3 aromatic rings. The van der Waals surface area contributed by atoms with E-state index < -0.39 is 0 Å². The summed E-state index contributed by atoms with van der Waals surface area (Å²) < 4.78 is 0. The smallest absolute Gasteiger partial charge is 0.240 e. The second-order valence-electron chi connectivity index (χ2n) is 5.61. The van der Waals surface area contributed by atoms with Crippen LogP contribution in [0.4, 0.5) is 5.69 Å². The lowest BCUT2D eigenvalue weighted by Crippen LogP contribution is -2.20. The number of carbonyl (C=O) groups excluding carboxylic acids is 2. The lowest BCUT2D eigenvalue weighted by atomic mass is 10.2. The van der Waals surface area contributed by atoms with E-state index in [1.807, 2.05) is 30.5 Å². The number of H-pyrrole nitrogens is 1. The fourth-order valence-corrected chi connectivity index (χ4v) is 2.62. The Kier molecular flexibility index (Phi) is 5.66. The zero-order chi connectivity index (χ0) is 18.4. The van der Waals surface area contributed by atoms with E-state index in [2.05, 4.69) is 20.8 Å². The van der Waals surface area contributed by atoms with Gasteiger partial charge < -0.3 is 10.3 Å². The minimum absolute atomic E-state index is 0.0293. The molecule has 0 unspecified atom stereocenters. The molecule has 0 fully saturated rings. The fourth-order valence-electron chi connectivity index (χ4n) is 2.43. The maximum absolute atomic E-state index is 11.9. The minimum atomic E-state index is -0.338. The summed E-state index contributed by atoms with van der Waals surface area (Å²) >= 11 is 5.97. The number of hydrazone groups is 1. The lowest BCUT2D eigenvalue weighted by Gasteiger charge is -2.06. The predicted octanol–water partition coefficient (Wildman–Crippen LogP) is 3.69. The molecule has 1 heterocycles. The van der Waals surface area contributed by atoms with Gasteiger partial charge in [0.2, 0.25) is 11.8 Å². The number of fused-ring (bicyclic) bond motifs is 1. The van der Waals surface area contributed by atoms with E-state index in [1.54, 1.807) is 30.5 Å². The Labute approximate surface area is 155 Å². The average Bonchev–Trinajstić information content (AvgIpc) is 3.05. The SMILES string of the molecule is O=C(CCC(=O)Nc1ccccc1Cl)N/N=C/c1c[nH]c2ccccc12. The van der Waals surface area contributed by atoms with Crippen LogP contribution in [0.25, 0.3) is 10.9 Å². The Morgan fingerprint density at radius 2 is 1.77 bits per heavy atom. The zero-order valence-electron chi connectivity index (χ0n) is 13.8. The van der Waals surface area contributed by atoms with E-state index in [0.29, 0.717) is 10.7 Å². The third-order valence-electron chi connectivity index (χ3n) is 3.74. The number of halogens is 1. The summed E-state index contributed by atoms with van der Waals surface area (Å²) in [6, 6.07) is 14.7. The van der Waals surface area contributed by atoms with Gasteiger partial charge in [-0.15, -0.1) is 0 Å². The molecule has 2 amide bonds. The molecule has 0 radical (unpaired) electrons. The molecule has 0 saturated carbocycles. The number of rotatable bonds is 6. The number of aromatic nitrogens is 1. The van der Waals surface area contributed by atoms with Crippen molar-refractivity contribution in [1.29, 1.82) is 0 Å². The standard InChI is InChI=1S/C19H17ClN4O2/c20-15-6-2-4-8-17(15)23-18(25)9-10-19(26)24-22-12-13-11-21-16-7-3-1-5-14(13)16/h1-8,11-12,21H,9-10H2,(H,23,25)(H,24,26)/b22-12+. The number of anilines is 1. The van der Waals surface area contributed by atoms with Crippen LogP contribution in [0.1, 0.15) is 18.4 Å². The van der Waals surface area contributed by atoms with Gasteiger partial charge in [0.1, 0.15) is 0 Å². The minimum Gasteiger partial charge on any atom is -0.361 e. The van der Waals surface area contributed by atoms with Gasteiger partial charge in [-0.05, 0) is 18.2 Å². The Balaban J connectivity index is 1.47. The van der Waals surface area contributed by atoms with Gasteiger partial charge in [0.15, 0.2) is 0 Å². The summed E-state index contributed by atoms with van der Waals surface area (Å²) in [5, 5.41) is 8.08. The van der Waals surface area contributed by atoms with Crippen molar-refractivity contribution in [3.8, 4) is 0 Å². The van der Waals surface area contributed by atoms with Crippen LogP contribution >= 0.6 is 11.6 Å². The number of benzene rings is 2. The summed E-state index contributed by atoms with van der Waals surface area (Å²) in [6.45, 7) is 0. The summed E-state index contributed by atoms with van der Waals surface area (Å²) in [7, 11) is 0. The summed E-state index contributed by atoms with van der Waals surface area (Å²) in [6.07, 6.45) is 3.46. The molecule has 132 valence electrons. The van der Waals surface area contributed by atoms with Crippen LogP contribution < -0.4 is 10.7 Å². The van der Waals surface area contributed by atoms with Crippen LogP contribution in [0.5, 0.6) is 0 Å². The van der Waals surface area contributed by atoms with E-state index in [0.717, 1.165) is 16.5 Å². The quantitative estimate of drug-likeness (QED) is 0.457. The van der Waals surface area contributed by atoms with Gasteiger partial charge in [-0.3, -0.25) is 9.59 Å². The normalized spacial score (nSPS) is 11.0.